The predicted molar refractivity (Wildman–Crippen MR) is 68.2 cm³/mol. The van der Waals surface area contributed by atoms with E-state index in [1.807, 2.05) is 27.0 Å². The summed E-state index contributed by atoms with van der Waals surface area (Å²) in [5, 5.41) is 15.4. The van der Waals surface area contributed by atoms with Gasteiger partial charge >= 0.3 is 0 Å². The summed E-state index contributed by atoms with van der Waals surface area (Å²) < 4.78 is 1.73. The van der Waals surface area contributed by atoms with Crippen LogP contribution in [0.1, 0.15) is 33.1 Å². The third kappa shape index (κ3) is 2.56. The molecule has 1 N–H and O–H groups in total. The normalized spacial score (nSPS) is 13.0. The molecule has 2 heterocycles. The first-order valence-electron chi connectivity index (χ1n) is 5.59. The molecule has 0 spiro atoms. The van der Waals surface area contributed by atoms with Crippen molar-refractivity contribution >= 4 is 11.3 Å². The first kappa shape index (κ1) is 12.3. The first-order chi connectivity index (χ1) is 7.97. The number of hydrogen-bond donors (Lipinski definition) is 1. The van der Waals surface area contributed by atoms with E-state index in [1.54, 1.807) is 16.0 Å². The summed E-state index contributed by atoms with van der Waals surface area (Å²) in [5.74, 6) is 0. The maximum atomic E-state index is 10.2. The van der Waals surface area contributed by atoms with Crippen molar-refractivity contribution in [2.75, 3.05) is 0 Å². The molecular formula is C12H17N3OS. The van der Waals surface area contributed by atoms with E-state index >= 15 is 0 Å². The van der Waals surface area contributed by atoms with Crippen LogP contribution in [0.25, 0.3) is 0 Å². The van der Waals surface area contributed by atoms with E-state index in [4.69, 9.17) is 0 Å². The molecule has 2 aromatic heterocycles. The van der Waals surface area contributed by atoms with Gasteiger partial charge in [0.05, 0.1) is 22.1 Å². The smallest absolute Gasteiger partial charge is 0.102 e. The molecule has 0 saturated carbocycles. The summed E-state index contributed by atoms with van der Waals surface area (Å²) in [6.07, 6.45) is 0.0179. The van der Waals surface area contributed by atoms with Crippen molar-refractivity contribution in [1.82, 2.24) is 14.8 Å². The molecule has 92 valence electrons. The lowest BCUT2D eigenvalue weighted by Crippen LogP contribution is -2.07. The standard InChI is InChI=1S/C12H17N3OS/c1-7-5-10(15(4)14-7)11(16)6-12-13-8(2)9(3)17-12/h5,11,16H,6H2,1-4H3. The van der Waals surface area contributed by atoms with Crippen molar-refractivity contribution in [2.45, 2.75) is 33.3 Å². The van der Waals surface area contributed by atoms with E-state index in [1.165, 1.54) is 4.88 Å². The van der Waals surface area contributed by atoms with Crippen molar-refractivity contribution in [3.8, 4) is 0 Å². The minimum absolute atomic E-state index is 0.536. The van der Waals surface area contributed by atoms with E-state index in [9.17, 15) is 5.11 Å². The molecule has 2 aromatic rings. The molecule has 0 bridgehead atoms. The Balaban J connectivity index is 2.16. The van der Waals surface area contributed by atoms with E-state index in [0.29, 0.717) is 6.42 Å². The average molecular weight is 251 g/mol. The molecule has 1 atom stereocenters. The van der Waals surface area contributed by atoms with Gasteiger partial charge in [-0.05, 0) is 26.8 Å². The van der Waals surface area contributed by atoms with Crippen LogP contribution in [-0.4, -0.2) is 19.9 Å². The van der Waals surface area contributed by atoms with Crippen molar-refractivity contribution in [1.29, 1.82) is 0 Å². The van der Waals surface area contributed by atoms with Crippen LogP contribution in [0.3, 0.4) is 0 Å². The molecule has 0 saturated heterocycles. The topological polar surface area (TPSA) is 50.9 Å². The van der Waals surface area contributed by atoms with Gasteiger partial charge < -0.3 is 5.11 Å². The van der Waals surface area contributed by atoms with E-state index < -0.39 is 6.10 Å². The number of nitrogens with zero attached hydrogens (tertiary/aromatic N) is 3. The van der Waals surface area contributed by atoms with Crippen molar-refractivity contribution in [3.63, 3.8) is 0 Å². The zero-order chi connectivity index (χ0) is 12.6. The Kier molecular flexibility index (Phi) is 3.31. The van der Waals surface area contributed by atoms with Gasteiger partial charge in [-0.3, -0.25) is 4.68 Å². The lowest BCUT2D eigenvalue weighted by molar-refractivity contribution is 0.168. The second-order valence-corrected chi connectivity index (χ2v) is 5.59. The Hall–Kier alpha value is -1.20. The molecule has 5 heteroatoms. The number of thiazole rings is 1. The van der Waals surface area contributed by atoms with E-state index in [0.717, 1.165) is 22.1 Å². The fourth-order valence-corrected chi connectivity index (χ4v) is 2.81. The van der Waals surface area contributed by atoms with Crippen molar-refractivity contribution < 1.29 is 5.11 Å². The molecule has 0 radical (unpaired) electrons. The number of rotatable bonds is 3. The third-order valence-corrected chi connectivity index (χ3v) is 3.92. The van der Waals surface area contributed by atoms with Gasteiger partial charge in [-0.1, -0.05) is 0 Å². The van der Waals surface area contributed by atoms with Gasteiger partial charge in [0, 0.05) is 18.3 Å². The van der Waals surface area contributed by atoms with Gasteiger partial charge in [-0.25, -0.2) is 4.98 Å². The molecule has 0 aliphatic carbocycles. The zero-order valence-corrected chi connectivity index (χ0v) is 11.4. The predicted octanol–water partition coefficient (Wildman–Crippen LogP) is 2.08. The maximum Gasteiger partial charge on any atom is 0.102 e. The average Bonchev–Trinajstić information content (AvgIpc) is 2.71. The van der Waals surface area contributed by atoms with Crippen LogP contribution in [0.15, 0.2) is 6.07 Å². The lowest BCUT2D eigenvalue weighted by atomic mass is 10.2. The Bertz CT molecular complexity index is 510. The minimum atomic E-state index is -0.536. The molecule has 2 rings (SSSR count). The summed E-state index contributed by atoms with van der Waals surface area (Å²) in [6.45, 7) is 5.97. The van der Waals surface area contributed by atoms with Gasteiger partial charge in [0.15, 0.2) is 0 Å². The maximum absolute atomic E-state index is 10.2. The molecular weight excluding hydrogens is 234 g/mol. The third-order valence-electron chi connectivity index (χ3n) is 2.82. The molecule has 0 aromatic carbocycles. The van der Waals surface area contributed by atoms with Gasteiger partial charge in [0.2, 0.25) is 0 Å². The second-order valence-electron chi connectivity index (χ2n) is 4.30. The molecule has 4 nitrogen and oxygen atoms in total. The van der Waals surface area contributed by atoms with Crippen molar-refractivity contribution in [3.05, 3.63) is 33.0 Å². The summed E-state index contributed by atoms with van der Waals surface area (Å²) in [4.78, 5) is 5.66. The number of aliphatic hydroxyl groups is 1. The zero-order valence-electron chi connectivity index (χ0n) is 10.6. The van der Waals surface area contributed by atoms with E-state index in [2.05, 4.69) is 17.0 Å². The Morgan fingerprint density at radius 1 is 1.41 bits per heavy atom. The summed E-state index contributed by atoms with van der Waals surface area (Å²) in [6, 6.07) is 1.91. The summed E-state index contributed by atoms with van der Waals surface area (Å²) in [5.41, 5.74) is 2.82. The van der Waals surface area contributed by atoms with Gasteiger partial charge in [0.1, 0.15) is 6.10 Å². The number of aliphatic hydroxyl groups excluding tert-OH is 1. The highest BCUT2D eigenvalue weighted by atomic mass is 32.1. The Morgan fingerprint density at radius 3 is 2.59 bits per heavy atom. The van der Waals surface area contributed by atoms with Crippen LogP contribution in [-0.2, 0) is 13.5 Å². The fourth-order valence-electron chi connectivity index (χ4n) is 1.84. The van der Waals surface area contributed by atoms with Crippen LogP contribution >= 0.6 is 11.3 Å². The largest absolute Gasteiger partial charge is 0.386 e. The number of aromatic nitrogens is 3. The molecule has 0 aliphatic rings. The van der Waals surface area contributed by atoms with E-state index in [-0.39, 0.29) is 0 Å². The second kappa shape index (κ2) is 4.58. The van der Waals surface area contributed by atoms with Crippen LogP contribution in [0.2, 0.25) is 0 Å². The molecule has 0 aliphatic heterocycles. The Morgan fingerprint density at radius 2 is 2.12 bits per heavy atom. The van der Waals surface area contributed by atoms with Crippen LogP contribution in [0.4, 0.5) is 0 Å². The highest BCUT2D eigenvalue weighted by Gasteiger charge is 2.16. The number of hydrogen-bond acceptors (Lipinski definition) is 4. The van der Waals surface area contributed by atoms with Gasteiger partial charge in [0.25, 0.3) is 0 Å². The molecule has 17 heavy (non-hydrogen) atoms. The SMILES string of the molecule is Cc1cc(C(O)Cc2nc(C)c(C)s2)n(C)n1. The summed E-state index contributed by atoms with van der Waals surface area (Å²) >= 11 is 1.65. The highest BCUT2D eigenvalue weighted by molar-refractivity contribution is 7.11. The molecule has 1 unspecified atom stereocenters. The fraction of sp³-hybridized carbons (Fsp3) is 0.500. The lowest BCUT2D eigenvalue weighted by Gasteiger charge is -2.08. The summed E-state index contributed by atoms with van der Waals surface area (Å²) in [7, 11) is 1.85. The van der Waals surface area contributed by atoms with Gasteiger partial charge in [-0.2, -0.15) is 5.10 Å². The molecule has 0 fully saturated rings. The van der Waals surface area contributed by atoms with Crippen LogP contribution in [0.5, 0.6) is 0 Å². The monoisotopic (exact) mass is 251 g/mol. The number of aryl methyl sites for hydroxylation is 4. The Labute approximate surface area is 105 Å². The quantitative estimate of drug-likeness (QED) is 0.908. The van der Waals surface area contributed by atoms with Crippen molar-refractivity contribution in [2.24, 2.45) is 7.05 Å². The van der Waals surface area contributed by atoms with Crippen LogP contribution < -0.4 is 0 Å². The molecule has 0 amide bonds. The first-order valence-corrected chi connectivity index (χ1v) is 6.40. The minimum Gasteiger partial charge on any atom is -0.386 e. The van der Waals surface area contributed by atoms with Crippen LogP contribution in [0, 0.1) is 20.8 Å². The highest BCUT2D eigenvalue weighted by Crippen LogP contribution is 2.23. The van der Waals surface area contributed by atoms with Gasteiger partial charge in [-0.15, -0.1) is 11.3 Å².